The van der Waals surface area contributed by atoms with Crippen LogP contribution in [0.1, 0.15) is 24.0 Å². The molecule has 0 saturated heterocycles. The number of hydrogen-bond acceptors (Lipinski definition) is 1. The Labute approximate surface area is 141 Å². The highest BCUT2D eigenvalue weighted by Crippen LogP contribution is 2.17. The van der Waals surface area contributed by atoms with Crippen molar-refractivity contribution in [1.82, 2.24) is 5.32 Å². The number of halogens is 2. The van der Waals surface area contributed by atoms with Gasteiger partial charge >= 0.3 is 0 Å². The number of carbonyl (C=O) groups is 1. The summed E-state index contributed by atoms with van der Waals surface area (Å²) < 4.78 is 0. The SMILES string of the molecule is O=C(CCc1ccccc1Cl)NCCCc1ccccc1Cl. The number of amides is 1. The molecule has 0 fully saturated rings. The van der Waals surface area contributed by atoms with Crippen LogP contribution >= 0.6 is 23.2 Å². The fourth-order valence-electron chi connectivity index (χ4n) is 2.25. The van der Waals surface area contributed by atoms with Gasteiger partial charge in [-0.3, -0.25) is 4.79 Å². The number of benzene rings is 2. The Kier molecular flexibility index (Phi) is 6.75. The zero-order chi connectivity index (χ0) is 15.8. The molecule has 22 heavy (non-hydrogen) atoms. The fraction of sp³-hybridized carbons (Fsp3) is 0.278. The maximum atomic E-state index is 11.8. The van der Waals surface area contributed by atoms with Crippen molar-refractivity contribution in [1.29, 1.82) is 0 Å². The number of nitrogens with one attached hydrogen (secondary N) is 1. The molecule has 2 rings (SSSR count). The van der Waals surface area contributed by atoms with Gasteiger partial charge in [-0.05, 0) is 42.5 Å². The first kappa shape index (κ1) is 16.9. The Hall–Kier alpha value is -1.51. The first-order chi connectivity index (χ1) is 10.7. The molecule has 2 aromatic carbocycles. The molecule has 0 aliphatic carbocycles. The lowest BCUT2D eigenvalue weighted by molar-refractivity contribution is -0.121. The molecule has 4 heteroatoms. The van der Waals surface area contributed by atoms with E-state index in [9.17, 15) is 4.79 Å². The highest BCUT2D eigenvalue weighted by atomic mass is 35.5. The van der Waals surface area contributed by atoms with Crippen molar-refractivity contribution in [3.8, 4) is 0 Å². The Balaban J connectivity index is 1.66. The maximum absolute atomic E-state index is 11.8. The number of aryl methyl sites for hydroxylation is 2. The van der Waals surface area contributed by atoms with E-state index in [-0.39, 0.29) is 5.91 Å². The Morgan fingerprint density at radius 2 is 1.41 bits per heavy atom. The normalized spacial score (nSPS) is 10.5. The summed E-state index contributed by atoms with van der Waals surface area (Å²) >= 11 is 12.2. The minimum absolute atomic E-state index is 0.0547. The van der Waals surface area contributed by atoms with Crippen LogP contribution in [0.15, 0.2) is 48.5 Å². The molecule has 0 aliphatic heterocycles. The Bertz CT molecular complexity index is 628. The standard InChI is InChI=1S/C18H19Cl2NO/c19-16-9-3-1-6-14(16)8-5-13-21-18(22)12-11-15-7-2-4-10-17(15)20/h1-4,6-7,9-10H,5,8,11-13H2,(H,21,22). The molecule has 0 aliphatic rings. The fourth-order valence-corrected chi connectivity index (χ4v) is 2.71. The largest absolute Gasteiger partial charge is 0.356 e. The molecule has 0 radical (unpaired) electrons. The quantitative estimate of drug-likeness (QED) is 0.731. The number of hydrogen-bond donors (Lipinski definition) is 1. The molecule has 0 spiro atoms. The smallest absolute Gasteiger partial charge is 0.220 e. The van der Waals surface area contributed by atoms with Gasteiger partial charge in [-0.2, -0.15) is 0 Å². The van der Waals surface area contributed by atoms with Crippen LogP contribution in [0.3, 0.4) is 0 Å². The van der Waals surface area contributed by atoms with Gasteiger partial charge in [0.05, 0.1) is 0 Å². The van der Waals surface area contributed by atoms with E-state index in [4.69, 9.17) is 23.2 Å². The van der Waals surface area contributed by atoms with Gasteiger partial charge in [-0.25, -0.2) is 0 Å². The van der Waals surface area contributed by atoms with Crippen molar-refractivity contribution < 1.29 is 4.79 Å². The third kappa shape index (κ3) is 5.36. The number of rotatable bonds is 7. The lowest BCUT2D eigenvalue weighted by Crippen LogP contribution is -2.25. The van der Waals surface area contributed by atoms with Gasteiger partial charge in [0.15, 0.2) is 0 Å². The summed E-state index contributed by atoms with van der Waals surface area (Å²) in [6.45, 7) is 0.659. The molecule has 1 amide bonds. The molecule has 2 nitrogen and oxygen atoms in total. The summed E-state index contributed by atoms with van der Waals surface area (Å²) in [6.07, 6.45) is 2.86. The average molecular weight is 336 g/mol. The molecule has 0 aromatic heterocycles. The monoisotopic (exact) mass is 335 g/mol. The van der Waals surface area contributed by atoms with Gasteiger partial charge in [0.2, 0.25) is 5.91 Å². The molecule has 0 unspecified atom stereocenters. The predicted molar refractivity (Wildman–Crippen MR) is 92.6 cm³/mol. The lowest BCUT2D eigenvalue weighted by atomic mass is 10.1. The molecule has 0 heterocycles. The molecular weight excluding hydrogens is 317 g/mol. The van der Waals surface area contributed by atoms with Crippen molar-refractivity contribution >= 4 is 29.1 Å². The van der Waals surface area contributed by atoms with E-state index in [0.717, 1.165) is 29.0 Å². The molecule has 0 bridgehead atoms. The van der Waals surface area contributed by atoms with Gasteiger partial charge in [0.1, 0.15) is 0 Å². The zero-order valence-electron chi connectivity index (χ0n) is 12.3. The summed E-state index contributed by atoms with van der Waals surface area (Å²) in [5.74, 6) is 0.0547. The van der Waals surface area contributed by atoms with E-state index in [1.165, 1.54) is 0 Å². The van der Waals surface area contributed by atoms with Gasteiger partial charge in [-0.15, -0.1) is 0 Å². The molecule has 2 aromatic rings. The second kappa shape index (κ2) is 8.82. The number of carbonyl (C=O) groups excluding carboxylic acids is 1. The minimum Gasteiger partial charge on any atom is -0.356 e. The first-order valence-corrected chi connectivity index (χ1v) is 8.16. The Morgan fingerprint density at radius 3 is 2.00 bits per heavy atom. The van der Waals surface area contributed by atoms with Crippen molar-refractivity contribution in [2.75, 3.05) is 6.54 Å². The van der Waals surface area contributed by atoms with E-state index >= 15 is 0 Å². The second-order valence-electron chi connectivity index (χ2n) is 5.14. The maximum Gasteiger partial charge on any atom is 0.220 e. The van der Waals surface area contributed by atoms with E-state index in [1.54, 1.807) is 0 Å². The van der Waals surface area contributed by atoms with E-state index in [1.807, 2.05) is 48.5 Å². The van der Waals surface area contributed by atoms with Crippen LogP contribution in [0.2, 0.25) is 10.0 Å². The van der Waals surface area contributed by atoms with Crippen LogP contribution in [0.4, 0.5) is 0 Å². The van der Waals surface area contributed by atoms with Gasteiger partial charge in [0.25, 0.3) is 0 Å². The van der Waals surface area contributed by atoms with Crippen molar-refractivity contribution in [2.24, 2.45) is 0 Å². The van der Waals surface area contributed by atoms with Gasteiger partial charge in [-0.1, -0.05) is 59.6 Å². The van der Waals surface area contributed by atoms with Crippen LogP contribution in [0.5, 0.6) is 0 Å². The topological polar surface area (TPSA) is 29.1 Å². The molecule has 0 atom stereocenters. The molecular formula is C18H19Cl2NO. The van der Waals surface area contributed by atoms with Crippen LogP contribution < -0.4 is 5.32 Å². The first-order valence-electron chi connectivity index (χ1n) is 7.40. The average Bonchev–Trinajstić information content (AvgIpc) is 2.52. The highest BCUT2D eigenvalue weighted by Gasteiger charge is 2.05. The molecule has 1 N–H and O–H groups in total. The summed E-state index contributed by atoms with van der Waals surface area (Å²) in [5, 5.41) is 4.44. The van der Waals surface area contributed by atoms with E-state index < -0.39 is 0 Å². The zero-order valence-corrected chi connectivity index (χ0v) is 13.8. The van der Waals surface area contributed by atoms with Crippen molar-refractivity contribution in [3.63, 3.8) is 0 Å². The van der Waals surface area contributed by atoms with E-state index in [0.29, 0.717) is 24.4 Å². The minimum atomic E-state index is 0.0547. The van der Waals surface area contributed by atoms with Crippen molar-refractivity contribution in [3.05, 3.63) is 69.7 Å². The summed E-state index contributed by atoms with van der Waals surface area (Å²) in [5.41, 5.74) is 2.13. The van der Waals surface area contributed by atoms with E-state index in [2.05, 4.69) is 5.32 Å². The van der Waals surface area contributed by atoms with Crippen LogP contribution in [-0.4, -0.2) is 12.5 Å². The van der Waals surface area contributed by atoms with Crippen LogP contribution in [0, 0.1) is 0 Å². The van der Waals surface area contributed by atoms with Crippen LogP contribution in [0.25, 0.3) is 0 Å². The van der Waals surface area contributed by atoms with Gasteiger partial charge in [0, 0.05) is 23.0 Å². The third-order valence-electron chi connectivity index (χ3n) is 3.48. The summed E-state index contributed by atoms with van der Waals surface area (Å²) in [6, 6.07) is 15.4. The Morgan fingerprint density at radius 1 is 0.864 bits per heavy atom. The molecule has 116 valence electrons. The second-order valence-corrected chi connectivity index (χ2v) is 5.95. The van der Waals surface area contributed by atoms with Crippen molar-refractivity contribution in [2.45, 2.75) is 25.7 Å². The van der Waals surface area contributed by atoms with Gasteiger partial charge < -0.3 is 5.32 Å². The summed E-state index contributed by atoms with van der Waals surface area (Å²) in [4.78, 5) is 11.8. The van der Waals surface area contributed by atoms with Crippen LogP contribution in [-0.2, 0) is 17.6 Å². The lowest BCUT2D eigenvalue weighted by Gasteiger charge is -2.07. The summed E-state index contributed by atoms with van der Waals surface area (Å²) in [7, 11) is 0. The predicted octanol–water partition coefficient (Wildman–Crippen LogP) is 4.68. The third-order valence-corrected chi connectivity index (χ3v) is 4.22. The molecule has 0 saturated carbocycles. The highest BCUT2D eigenvalue weighted by molar-refractivity contribution is 6.31.